The first kappa shape index (κ1) is 51.9. The van der Waals surface area contributed by atoms with E-state index in [4.69, 9.17) is 0 Å². The molecule has 0 radical (unpaired) electrons. The van der Waals surface area contributed by atoms with Crippen LogP contribution < -0.4 is 56.7 Å². The summed E-state index contributed by atoms with van der Waals surface area (Å²) in [6, 6.07) is 30.0. The maximum absolute atomic E-state index is 13.2. The van der Waals surface area contributed by atoms with Gasteiger partial charge in [0.2, 0.25) is 11.8 Å². The molecule has 19 nitrogen and oxygen atoms in total. The van der Waals surface area contributed by atoms with Gasteiger partial charge in [0, 0.05) is 115 Å². The fraction of sp³-hybridized carbons (Fsp3) is 0.111. The first-order valence-corrected chi connectivity index (χ1v) is 22.2. The fourth-order valence-electron chi connectivity index (χ4n) is 9.40. The summed E-state index contributed by atoms with van der Waals surface area (Å²) in [6.45, 7) is 2.42. The molecule has 8 amide bonds. The number of hydrogen-bond donors (Lipinski definition) is 2. The number of hydrogen-bond acceptors (Lipinski definition) is 11. The summed E-state index contributed by atoms with van der Waals surface area (Å²) in [5.41, 5.74) is 6.66. The number of amides is 8. The number of aliphatic hydroxyl groups is 1. The number of aryl methyl sites for hydroxylation is 3. The van der Waals surface area contributed by atoms with Crippen molar-refractivity contribution in [1.29, 1.82) is 0 Å². The number of nitrogens with zero attached hydrogens (tertiary/aromatic N) is 9. The summed E-state index contributed by atoms with van der Waals surface area (Å²) < 4.78 is 8.70. The molecule has 0 bridgehead atoms. The van der Waals surface area contributed by atoms with E-state index in [0.717, 1.165) is 32.7 Å². The number of rotatable bonds is 5. The third kappa shape index (κ3) is 8.46. The molecule has 0 saturated heterocycles. The Morgan fingerprint density at radius 1 is 0.541 bits per heavy atom. The zero-order valence-electron chi connectivity index (χ0n) is 41.0. The zero-order chi connectivity index (χ0) is 50.9. The number of aliphatic hydroxyl groups excluding tert-OH is 1. The van der Waals surface area contributed by atoms with E-state index < -0.39 is 53.0 Å². The van der Waals surface area contributed by atoms with Gasteiger partial charge in [-0.1, -0.05) is 74.2 Å². The van der Waals surface area contributed by atoms with Crippen molar-refractivity contribution in [3.8, 4) is 0 Å². The Bertz CT molecular complexity index is 4000. The minimum absolute atomic E-state index is 0. The van der Waals surface area contributed by atoms with Crippen LogP contribution in [0.4, 0.5) is 0 Å². The molecule has 0 saturated carbocycles. The molecule has 20 heteroatoms. The number of benzene rings is 4. The van der Waals surface area contributed by atoms with Gasteiger partial charge in [-0.3, -0.25) is 48.2 Å². The van der Waals surface area contributed by atoms with E-state index in [-0.39, 0.29) is 88.4 Å². The summed E-state index contributed by atoms with van der Waals surface area (Å²) in [5, 5.41) is 14.3. The molecule has 0 fully saturated rings. The van der Waals surface area contributed by atoms with Crippen molar-refractivity contribution in [1.82, 2.24) is 47.9 Å². The molecule has 0 unspecified atom stereocenters. The molecule has 3 aliphatic rings. The second-order valence-corrected chi connectivity index (χ2v) is 17.0. The Labute approximate surface area is 465 Å². The first-order valence-electron chi connectivity index (χ1n) is 22.2. The van der Waals surface area contributed by atoms with Crippen LogP contribution in [0.5, 0.6) is 0 Å². The number of carbonyl (C=O) groups excluding carboxylic acids is 8. The molecule has 0 aliphatic carbocycles. The predicted molar refractivity (Wildman–Crippen MR) is 273 cm³/mol. The van der Waals surface area contributed by atoms with E-state index in [1.807, 2.05) is 138 Å². The van der Waals surface area contributed by atoms with Crippen molar-refractivity contribution in [2.24, 2.45) is 21.1 Å². The average molecular weight is 1020 g/mol. The maximum atomic E-state index is 13.2. The molecule has 9 aromatic rings. The average Bonchev–Trinajstić information content (AvgIpc) is 4.26. The number of aromatic nitrogens is 7. The number of fused-ring (bicyclic) bond motifs is 4. The molecule has 0 spiro atoms. The molecular weight excluding hydrogens is 972 g/mol. The molecule has 2 N–H and O–H groups in total. The molecule has 3 aliphatic heterocycles. The third-order valence-electron chi connectivity index (χ3n) is 12.6. The molecular formula is C54H45KN10O9. The molecule has 74 heavy (non-hydrogen) atoms. The summed E-state index contributed by atoms with van der Waals surface area (Å²) in [4.78, 5) is 109. The first-order chi connectivity index (χ1) is 34.6. The number of para-hydroxylation sites is 5. The van der Waals surface area contributed by atoms with Crippen molar-refractivity contribution < 1.29 is 96.3 Å². The summed E-state index contributed by atoms with van der Waals surface area (Å²) >= 11 is 0. The fourth-order valence-corrected chi connectivity index (χ4v) is 9.40. The summed E-state index contributed by atoms with van der Waals surface area (Å²) in [5.74, 6) is -5.57. The minimum Gasteiger partial charge on any atom is -1.00 e. The number of nitrogens with one attached hydrogen (secondary N) is 1. The molecule has 4 aromatic carbocycles. The van der Waals surface area contributed by atoms with Crippen LogP contribution in [0.3, 0.4) is 0 Å². The van der Waals surface area contributed by atoms with Gasteiger partial charge in [-0.15, -0.1) is 0 Å². The third-order valence-corrected chi connectivity index (χ3v) is 12.6. The Kier molecular flexibility index (Phi) is 14.2. The van der Waals surface area contributed by atoms with Gasteiger partial charge in [0.15, 0.2) is 5.76 Å². The van der Waals surface area contributed by atoms with Crippen LogP contribution >= 0.6 is 0 Å². The van der Waals surface area contributed by atoms with Crippen molar-refractivity contribution >= 4 is 119 Å². The minimum atomic E-state index is -0.747. The molecule has 8 heterocycles. The Balaban J connectivity index is 0.000000165. The van der Waals surface area contributed by atoms with Crippen LogP contribution in [0.25, 0.3) is 71.9 Å². The van der Waals surface area contributed by atoms with Crippen molar-refractivity contribution in [3.05, 3.63) is 163 Å². The standard InChI is InChI=1S/C22H16N4O3.C18H14N4O3.C13H10N2O3.CH4.K.H/c1-13(27)26-21(28)19(15-11-24(2)17-9-5-3-7-14(15)17)20(22(26)29)25-12-23-16-8-4-6-10-18(16)25;1-11(23)22-17(24)15(16(18(22)25)21-8-7-19-10-21)13-9-20(2)14-6-4-3-5-12(13)14;1-15-6-8(7-4-2-3-5-9(7)15)10-11(16)13(18)14-12(10)17;;;/h3-12H,1-2H3;3-10H,1-2H3;2-6H,1H3,(H2,14,16,17,18);1H4;;/q;;;;+1;-1. The summed E-state index contributed by atoms with van der Waals surface area (Å²) in [6.07, 6.45) is 11.4. The Hall–Kier alpha value is -8.40. The second-order valence-electron chi connectivity index (χ2n) is 17.0. The number of imide groups is 7. The quantitative estimate of drug-likeness (QED) is 0.188. The van der Waals surface area contributed by atoms with E-state index in [0.29, 0.717) is 37.5 Å². The van der Waals surface area contributed by atoms with Crippen LogP contribution in [0.1, 0.15) is 39.4 Å². The van der Waals surface area contributed by atoms with Gasteiger partial charge < -0.3 is 24.8 Å². The van der Waals surface area contributed by atoms with Crippen LogP contribution in [-0.4, -0.2) is 95.0 Å². The monoisotopic (exact) mass is 1020 g/mol. The van der Waals surface area contributed by atoms with Gasteiger partial charge in [0.25, 0.3) is 35.4 Å². The van der Waals surface area contributed by atoms with Gasteiger partial charge in [-0.2, -0.15) is 0 Å². The van der Waals surface area contributed by atoms with E-state index in [2.05, 4.69) is 15.3 Å². The van der Waals surface area contributed by atoms with Gasteiger partial charge in [0.1, 0.15) is 17.7 Å². The van der Waals surface area contributed by atoms with E-state index in [1.165, 1.54) is 37.3 Å². The predicted octanol–water partition coefficient (Wildman–Crippen LogP) is 3.33. The van der Waals surface area contributed by atoms with Crippen LogP contribution in [0.15, 0.2) is 146 Å². The van der Waals surface area contributed by atoms with Gasteiger partial charge in [0.05, 0.1) is 34.1 Å². The zero-order valence-corrected chi connectivity index (χ0v) is 43.1. The SMILES string of the molecule is C.CC(=O)N1C(=O)C(c2cn(C)c3ccccc23)=C(n2ccnc2)C1=O.CC(=O)N1C(=O)C(c2cn(C)c3ccccc23)=C(n2cnc3ccccc32)C1=O.Cn1cc(C2=C(O)C(=O)NC2=O)c2ccccc21.[H-].[K+]. The Morgan fingerprint density at radius 2 is 0.959 bits per heavy atom. The van der Waals surface area contributed by atoms with Gasteiger partial charge in [-0.05, 0) is 30.3 Å². The van der Waals surface area contributed by atoms with Crippen molar-refractivity contribution in [3.63, 3.8) is 0 Å². The number of imidazole rings is 2. The van der Waals surface area contributed by atoms with Crippen LogP contribution in [-0.2, 0) is 59.5 Å². The molecule has 5 aromatic heterocycles. The molecule has 12 rings (SSSR count). The van der Waals surface area contributed by atoms with Gasteiger partial charge >= 0.3 is 51.4 Å². The van der Waals surface area contributed by atoms with Crippen LogP contribution in [0, 0.1) is 0 Å². The van der Waals surface area contributed by atoms with Crippen LogP contribution in [0.2, 0.25) is 0 Å². The van der Waals surface area contributed by atoms with Crippen molar-refractivity contribution in [2.45, 2.75) is 21.3 Å². The normalized spacial score (nSPS) is 14.6. The smallest absolute Gasteiger partial charge is 1.00 e. The summed E-state index contributed by atoms with van der Waals surface area (Å²) in [7, 11) is 5.59. The van der Waals surface area contributed by atoms with E-state index in [9.17, 15) is 43.5 Å². The van der Waals surface area contributed by atoms with Gasteiger partial charge in [-0.25, -0.2) is 19.8 Å². The number of carbonyl (C=O) groups is 8. The molecule has 366 valence electrons. The van der Waals surface area contributed by atoms with E-state index in [1.54, 1.807) is 23.2 Å². The second kappa shape index (κ2) is 20.2. The maximum Gasteiger partial charge on any atom is 1.00 e. The topological polar surface area (TPSA) is 226 Å². The van der Waals surface area contributed by atoms with E-state index >= 15 is 0 Å². The van der Waals surface area contributed by atoms with Crippen molar-refractivity contribution in [2.75, 3.05) is 0 Å². The Morgan fingerprint density at radius 3 is 1.39 bits per heavy atom. The molecule has 0 atom stereocenters. The largest absolute Gasteiger partial charge is 1.00 e.